The molecule has 1 atom stereocenters. The predicted octanol–water partition coefficient (Wildman–Crippen LogP) is 1.96. The number of aliphatic carboxylic acids is 1. The van der Waals surface area contributed by atoms with Crippen molar-refractivity contribution in [1.82, 2.24) is 4.90 Å². The number of ether oxygens (including phenoxy) is 1. The van der Waals surface area contributed by atoms with E-state index in [0.29, 0.717) is 0 Å². The molecule has 0 aromatic rings. The van der Waals surface area contributed by atoms with Gasteiger partial charge >= 0.3 is 18.0 Å². The fourth-order valence-electron chi connectivity index (χ4n) is 1.72. The summed E-state index contributed by atoms with van der Waals surface area (Å²) in [4.78, 5) is 23.2. The minimum atomic E-state index is -3.81. The van der Waals surface area contributed by atoms with Crippen molar-refractivity contribution in [3.05, 3.63) is 0 Å². The summed E-state index contributed by atoms with van der Waals surface area (Å²) in [6.45, 7) is 4.80. The van der Waals surface area contributed by atoms with E-state index in [9.17, 15) is 18.4 Å². The molecule has 0 aliphatic carbocycles. The SMILES string of the molecule is CC(C)(C)OC(=O)N1CCC(C(F)(F)C(=O)O)C1. The van der Waals surface area contributed by atoms with Gasteiger partial charge in [-0.05, 0) is 27.2 Å². The second kappa shape index (κ2) is 4.70. The Bertz CT molecular complexity index is 351. The summed E-state index contributed by atoms with van der Waals surface area (Å²) in [6.07, 6.45) is -0.732. The maximum absolute atomic E-state index is 13.2. The summed E-state index contributed by atoms with van der Waals surface area (Å²) >= 11 is 0. The van der Waals surface area contributed by atoms with E-state index in [1.807, 2.05) is 0 Å². The third-order valence-corrected chi connectivity index (χ3v) is 2.64. The Morgan fingerprint density at radius 2 is 1.89 bits per heavy atom. The van der Waals surface area contributed by atoms with Crippen molar-refractivity contribution in [3.63, 3.8) is 0 Å². The molecule has 0 saturated carbocycles. The first-order chi connectivity index (χ1) is 8.04. The zero-order chi connectivity index (χ0) is 14.1. The van der Waals surface area contributed by atoms with Gasteiger partial charge in [-0.25, -0.2) is 9.59 Å². The maximum atomic E-state index is 13.2. The number of alkyl halides is 2. The highest BCUT2D eigenvalue weighted by Crippen LogP contribution is 2.33. The molecule has 1 saturated heterocycles. The Balaban J connectivity index is 2.62. The van der Waals surface area contributed by atoms with Gasteiger partial charge in [0.1, 0.15) is 5.60 Å². The van der Waals surface area contributed by atoms with Crippen LogP contribution in [-0.2, 0) is 9.53 Å². The molecule has 0 bridgehead atoms. The lowest BCUT2D eigenvalue weighted by molar-refractivity contribution is -0.172. The summed E-state index contributed by atoms with van der Waals surface area (Å²) < 4.78 is 31.5. The summed E-state index contributed by atoms with van der Waals surface area (Å²) in [7, 11) is 0. The first-order valence-corrected chi connectivity index (χ1v) is 5.63. The van der Waals surface area contributed by atoms with Gasteiger partial charge in [-0.3, -0.25) is 0 Å². The molecular formula is C11H17F2NO4. The maximum Gasteiger partial charge on any atom is 0.410 e. The number of carboxylic acid groups (broad SMARTS) is 1. The van der Waals surface area contributed by atoms with E-state index in [-0.39, 0.29) is 19.5 Å². The van der Waals surface area contributed by atoms with Crippen LogP contribution in [0.25, 0.3) is 0 Å². The Hall–Kier alpha value is -1.40. The molecule has 104 valence electrons. The van der Waals surface area contributed by atoms with Crippen LogP contribution in [-0.4, -0.2) is 46.7 Å². The van der Waals surface area contributed by atoms with Crippen LogP contribution in [0.15, 0.2) is 0 Å². The van der Waals surface area contributed by atoms with Gasteiger partial charge in [-0.15, -0.1) is 0 Å². The minimum Gasteiger partial charge on any atom is -0.477 e. The van der Waals surface area contributed by atoms with Crippen molar-refractivity contribution in [2.24, 2.45) is 5.92 Å². The number of carboxylic acids is 1. The standard InChI is InChI=1S/C11H17F2NO4/c1-10(2,3)18-9(17)14-5-4-7(6-14)11(12,13)8(15)16/h7H,4-6H2,1-3H3,(H,15,16). The normalized spacial score (nSPS) is 20.9. The van der Waals surface area contributed by atoms with Gasteiger partial charge in [-0.1, -0.05) is 0 Å². The van der Waals surface area contributed by atoms with E-state index in [1.165, 1.54) is 0 Å². The second-order valence-electron chi connectivity index (χ2n) is 5.34. The van der Waals surface area contributed by atoms with Crippen LogP contribution < -0.4 is 0 Å². The van der Waals surface area contributed by atoms with E-state index in [2.05, 4.69) is 0 Å². The van der Waals surface area contributed by atoms with Crippen LogP contribution in [0, 0.1) is 5.92 Å². The fourth-order valence-corrected chi connectivity index (χ4v) is 1.72. The molecule has 1 fully saturated rings. The number of carbonyl (C=O) groups excluding carboxylic acids is 1. The number of hydrogen-bond donors (Lipinski definition) is 1. The number of rotatable bonds is 2. The topological polar surface area (TPSA) is 66.8 Å². The number of amides is 1. The highest BCUT2D eigenvalue weighted by atomic mass is 19.3. The van der Waals surface area contributed by atoms with E-state index in [1.54, 1.807) is 20.8 Å². The Kier molecular flexibility index (Phi) is 3.83. The highest BCUT2D eigenvalue weighted by Gasteiger charge is 2.51. The van der Waals surface area contributed by atoms with Gasteiger partial charge in [0.25, 0.3) is 0 Å². The van der Waals surface area contributed by atoms with Gasteiger partial charge in [0.05, 0.1) is 5.92 Å². The van der Waals surface area contributed by atoms with Crippen LogP contribution in [0.3, 0.4) is 0 Å². The number of nitrogens with zero attached hydrogens (tertiary/aromatic N) is 1. The number of carbonyl (C=O) groups is 2. The Morgan fingerprint density at radius 1 is 1.33 bits per heavy atom. The molecular weight excluding hydrogens is 248 g/mol. The monoisotopic (exact) mass is 265 g/mol. The van der Waals surface area contributed by atoms with E-state index >= 15 is 0 Å². The average Bonchev–Trinajstić information content (AvgIpc) is 2.63. The molecule has 1 aliphatic heterocycles. The molecule has 18 heavy (non-hydrogen) atoms. The lowest BCUT2D eigenvalue weighted by atomic mass is 10.0. The van der Waals surface area contributed by atoms with Crippen LogP contribution in [0.4, 0.5) is 13.6 Å². The van der Waals surface area contributed by atoms with Gasteiger partial charge < -0.3 is 14.7 Å². The highest BCUT2D eigenvalue weighted by molar-refractivity contribution is 5.76. The van der Waals surface area contributed by atoms with Crippen molar-refractivity contribution in [2.75, 3.05) is 13.1 Å². The number of halogens is 2. The molecule has 1 rings (SSSR count). The third kappa shape index (κ3) is 3.30. The smallest absolute Gasteiger partial charge is 0.410 e. The minimum absolute atomic E-state index is 0.0431. The van der Waals surface area contributed by atoms with Gasteiger partial charge in [-0.2, -0.15) is 8.78 Å². The van der Waals surface area contributed by atoms with Crippen molar-refractivity contribution < 1.29 is 28.2 Å². The molecule has 1 heterocycles. The summed E-state index contributed by atoms with van der Waals surface area (Å²) in [6, 6.07) is 0. The molecule has 5 nitrogen and oxygen atoms in total. The number of likely N-dealkylation sites (tertiary alicyclic amines) is 1. The average molecular weight is 265 g/mol. The molecule has 0 aromatic carbocycles. The summed E-state index contributed by atoms with van der Waals surface area (Å²) in [5, 5.41) is 8.43. The zero-order valence-corrected chi connectivity index (χ0v) is 10.6. The van der Waals surface area contributed by atoms with Gasteiger partial charge in [0.15, 0.2) is 0 Å². The van der Waals surface area contributed by atoms with E-state index in [0.717, 1.165) is 4.90 Å². The van der Waals surface area contributed by atoms with Crippen LogP contribution >= 0.6 is 0 Å². The first kappa shape index (κ1) is 14.7. The fraction of sp³-hybridized carbons (Fsp3) is 0.818. The van der Waals surface area contributed by atoms with Crippen molar-refractivity contribution >= 4 is 12.1 Å². The van der Waals surface area contributed by atoms with E-state index < -0.39 is 29.5 Å². The molecule has 0 aromatic heterocycles. The first-order valence-electron chi connectivity index (χ1n) is 5.63. The largest absolute Gasteiger partial charge is 0.477 e. The second-order valence-corrected chi connectivity index (χ2v) is 5.34. The number of hydrogen-bond acceptors (Lipinski definition) is 3. The molecule has 1 unspecified atom stereocenters. The quantitative estimate of drug-likeness (QED) is 0.828. The molecule has 7 heteroatoms. The Morgan fingerprint density at radius 3 is 2.33 bits per heavy atom. The zero-order valence-electron chi connectivity index (χ0n) is 10.6. The summed E-state index contributed by atoms with van der Waals surface area (Å²) in [5.74, 6) is -7.32. The van der Waals surface area contributed by atoms with Crippen molar-refractivity contribution in [3.8, 4) is 0 Å². The van der Waals surface area contributed by atoms with Crippen molar-refractivity contribution in [2.45, 2.75) is 38.7 Å². The van der Waals surface area contributed by atoms with Crippen LogP contribution in [0.2, 0.25) is 0 Å². The third-order valence-electron chi connectivity index (χ3n) is 2.64. The molecule has 1 aliphatic rings. The lowest BCUT2D eigenvalue weighted by Crippen LogP contribution is -2.40. The van der Waals surface area contributed by atoms with E-state index in [4.69, 9.17) is 9.84 Å². The molecule has 1 amide bonds. The Labute approximate surface area is 104 Å². The van der Waals surface area contributed by atoms with Gasteiger partial charge in [0.2, 0.25) is 0 Å². The summed E-state index contributed by atoms with van der Waals surface area (Å²) in [5.41, 5.74) is -0.704. The molecule has 0 spiro atoms. The van der Waals surface area contributed by atoms with Crippen LogP contribution in [0.1, 0.15) is 27.2 Å². The van der Waals surface area contributed by atoms with Crippen LogP contribution in [0.5, 0.6) is 0 Å². The molecule has 1 N–H and O–H groups in total. The lowest BCUT2D eigenvalue weighted by Gasteiger charge is -2.25. The molecule has 0 radical (unpaired) electrons. The van der Waals surface area contributed by atoms with Gasteiger partial charge in [0, 0.05) is 13.1 Å². The van der Waals surface area contributed by atoms with Crippen molar-refractivity contribution in [1.29, 1.82) is 0 Å². The predicted molar refractivity (Wildman–Crippen MR) is 58.5 cm³/mol.